The molecule has 0 unspecified atom stereocenters. The van der Waals surface area contributed by atoms with Gasteiger partial charge in [0.1, 0.15) is 5.82 Å². The molecule has 0 saturated carbocycles. The van der Waals surface area contributed by atoms with Crippen LogP contribution in [0.1, 0.15) is 18.2 Å². The number of anilines is 1. The molecule has 0 saturated heterocycles. The topological polar surface area (TPSA) is 37.8 Å². The molecule has 3 rings (SSSR count). The smallest absolute Gasteiger partial charge is 0.162 e. The van der Waals surface area contributed by atoms with Crippen LogP contribution in [0.25, 0.3) is 11.4 Å². The average molecular weight is 371 g/mol. The zero-order valence-electron chi connectivity index (χ0n) is 10.9. The molecule has 0 spiro atoms. The highest BCUT2D eigenvalue weighted by atomic mass is 79.9. The van der Waals surface area contributed by atoms with Gasteiger partial charge in [0, 0.05) is 38.7 Å². The molecule has 0 radical (unpaired) electrons. The molecule has 104 valence electrons. The van der Waals surface area contributed by atoms with Crippen molar-refractivity contribution in [3.8, 4) is 11.4 Å². The van der Waals surface area contributed by atoms with E-state index in [0.29, 0.717) is 5.02 Å². The SMILES string of the molecule is CCNc1nc(-c2ccc(Cl)cc2Br)nc2c1CSC2. The molecule has 6 heteroatoms. The summed E-state index contributed by atoms with van der Waals surface area (Å²) in [5.74, 6) is 3.64. The zero-order valence-corrected chi connectivity index (χ0v) is 14.1. The molecule has 1 aliphatic heterocycles. The first-order valence-corrected chi connectivity index (χ1v) is 8.68. The Labute approximate surface area is 135 Å². The Bertz CT molecular complexity index is 663. The molecular formula is C14H13BrClN3S. The van der Waals surface area contributed by atoms with Gasteiger partial charge in [-0.05, 0) is 41.1 Å². The number of hydrogen-bond acceptors (Lipinski definition) is 4. The van der Waals surface area contributed by atoms with Gasteiger partial charge in [0.05, 0.1) is 5.69 Å². The number of aromatic nitrogens is 2. The Morgan fingerprint density at radius 3 is 2.95 bits per heavy atom. The van der Waals surface area contributed by atoms with Gasteiger partial charge in [-0.3, -0.25) is 0 Å². The molecule has 0 aliphatic carbocycles. The van der Waals surface area contributed by atoms with Gasteiger partial charge >= 0.3 is 0 Å². The molecule has 2 heterocycles. The molecule has 1 aliphatic rings. The quantitative estimate of drug-likeness (QED) is 0.847. The lowest BCUT2D eigenvalue weighted by Crippen LogP contribution is -2.06. The van der Waals surface area contributed by atoms with Crippen LogP contribution in [0.4, 0.5) is 5.82 Å². The normalized spacial score (nSPS) is 13.3. The maximum atomic E-state index is 5.99. The van der Waals surface area contributed by atoms with Gasteiger partial charge in [-0.15, -0.1) is 0 Å². The minimum atomic E-state index is 0.698. The van der Waals surface area contributed by atoms with Crippen molar-refractivity contribution in [2.45, 2.75) is 18.4 Å². The van der Waals surface area contributed by atoms with Crippen LogP contribution >= 0.6 is 39.3 Å². The second kappa shape index (κ2) is 5.92. The predicted molar refractivity (Wildman–Crippen MR) is 89.3 cm³/mol. The van der Waals surface area contributed by atoms with Crippen LogP contribution in [0.5, 0.6) is 0 Å². The lowest BCUT2D eigenvalue weighted by molar-refractivity contribution is 1.05. The number of rotatable bonds is 3. The number of thioether (sulfide) groups is 1. The number of halogens is 2. The van der Waals surface area contributed by atoms with E-state index in [1.54, 1.807) is 0 Å². The summed E-state index contributed by atoms with van der Waals surface area (Å²) >= 11 is 11.4. The molecule has 20 heavy (non-hydrogen) atoms. The van der Waals surface area contributed by atoms with E-state index in [1.807, 2.05) is 30.0 Å². The predicted octanol–water partition coefficient (Wildman–Crippen LogP) is 4.74. The van der Waals surface area contributed by atoms with Crippen molar-refractivity contribution in [2.24, 2.45) is 0 Å². The minimum Gasteiger partial charge on any atom is -0.370 e. The van der Waals surface area contributed by atoms with Crippen molar-refractivity contribution in [3.05, 3.63) is 39.0 Å². The third-order valence-electron chi connectivity index (χ3n) is 3.09. The van der Waals surface area contributed by atoms with Crippen molar-refractivity contribution in [1.82, 2.24) is 9.97 Å². The Balaban J connectivity index is 2.12. The van der Waals surface area contributed by atoms with Crippen molar-refractivity contribution in [3.63, 3.8) is 0 Å². The van der Waals surface area contributed by atoms with Crippen LogP contribution in [0.15, 0.2) is 22.7 Å². The van der Waals surface area contributed by atoms with E-state index in [0.717, 1.165) is 45.4 Å². The fraction of sp³-hybridized carbons (Fsp3) is 0.286. The highest BCUT2D eigenvalue weighted by Crippen LogP contribution is 2.36. The average Bonchev–Trinajstić information content (AvgIpc) is 2.87. The molecule has 1 aromatic heterocycles. The third-order valence-corrected chi connectivity index (χ3v) is 4.96. The summed E-state index contributed by atoms with van der Waals surface area (Å²) in [6, 6.07) is 5.68. The molecule has 0 bridgehead atoms. The highest BCUT2D eigenvalue weighted by Gasteiger charge is 2.20. The van der Waals surface area contributed by atoms with Gasteiger partial charge in [0.15, 0.2) is 5.82 Å². The Hall–Kier alpha value is -0.780. The maximum Gasteiger partial charge on any atom is 0.162 e. The van der Waals surface area contributed by atoms with E-state index >= 15 is 0 Å². The van der Waals surface area contributed by atoms with Crippen molar-refractivity contribution >= 4 is 45.1 Å². The Morgan fingerprint density at radius 1 is 1.35 bits per heavy atom. The molecular weight excluding hydrogens is 358 g/mol. The van der Waals surface area contributed by atoms with E-state index in [-0.39, 0.29) is 0 Å². The lowest BCUT2D eigenvalue weighted by atomic mass is 10.2. The van der Waals surface area contributed by atoms with Gasteiger partial charge in [0.25, 0.3) is 0 Å². The van der Waals surface area contributed by atoms with Crippen LogP contribution in [-0.4, -0.2) is 16.5 Å². The number of hydrogen-bond donors (Lipinski definition) is 1. The van der Waals surface area contributed by atoms with Crippen LogP contribution in [0.2, 0.25) is 5.02 Å². The third kappa shape index (κ3) is 2.67. The number of benzene rings is 1. The first kappa shape index (κ1) is 14.2. The molecule has 0 amide bonds. The highest BCUT2D eigenvalue weighted by molar-refractivity contribution is 9.10. The summed E-state index contributed by atoms with van der Waals surface area (Å²) < 4.78 is 0.915. The van der Waals surface area contributed by atoms with E-state index in [4.69, 9.17) is 16.6 Å². The fourth-order valence-electron chi connectivity index (χ4n) is 2.16. The second-order valence-electron chi connectivity index (χ2n) is 4.47. The van der Waals surface area contributed by atoms with Gasteiger partial charge < -0.3 is 5.32 Å². The number of nitrogens with zero attached hydrogens (tertiary/aromatic N) is 2. The van der Waals surface area contributed by atoms with Crippen molar-refractivity contribution in [2.75, 3.05) is 11.9 Å². The number of fused-ring (bicyclic) bond motifs is 1. The summed E-state index contributed by atoms with van der Waals surface area (Å²) in [5, 5.41) is 4.04. The summed E-state index contributed by atoms with van der Waals surface area (Å²) in [6.07, 6.45) is 0. The summed E-state index contributed by atoms with van der Waals surface area (Å²) in [4.78, 5) is 9.40. The molecule has 3 nitrogen and oxygen atoms in total. The van der Waals surface area contributed by atoms with Crippen molar-refractivity contribution in [1.29, 1.82) is 0 Å². The molecule has 0 fully saturated rings. The summed E-state index contributed by atoms with van der Waals surface area (Å²) in [6.45, 7) is 2.93. The molecule has 1 aromatic carbocycles. The summed E-state index contributed by atoms with van der Waals surface area (Å²) in [7, 11) is 0. The first-order chi connectivity index (χ1) is 9.69. The van der Waals surface area contributed by atoms with Crippen LogP contribution in [0, 0.1) is 0 Å². The van der Waals surface area contributed by atoms with Crippen LogP contribution in [0.3, 0.4) is 0 Å². The van der Waals surface area contributed by atoms with E-state index in [9.17, 15) is 0 Å². The second-order valence-corrected chi connectivity index (χ2v) is 6.74. The van der Waals surface area contributed by atoms with E-state index in [2.05, 4.69) is 33.2 Å². The monoisotopic (exact) mass is 369 g/mol. The Morgan fingerprint density at radius 2 is 2.20 bits per heavy atom. The zero-order chi connectivity index (χ0) is 14.1. The summed E-state index contributed by atoms with van der Waals surface area (Å²) in [5.41, 5.74) is 3.34. The van der Waals surface area contributed by atoms with Crippen LogP contribution < -0.4 is 5.32 Å². The van der Waals surface area contributed by atoms with Gasteiger partial charge in [-0.2, -0.15) is 11.8 Å². The van der Waals surface area contributed by atoms with Crippen LogP contribution in [-0.2, 0) is 11.5 Å². The molecule has 2 aromatic rings. The van der Waals surface area contributed by atoms with Crippen molar-refractivity contribution < 1.29 is 0 Å². The number of nitrogens with one attached hydrogen (secondary N) is 1. The standard InChI is InChI=1S/C14H13BrClN3S/c1-2-17-13-10-6-20-7-12(10)18-14(19-13)9-4-3-8(16)5-11(9)15/h3-5H,2,6-7H2,1H3,(H,17,18,19). The van der Waals surface area contributed by atoms with Gasteiger partial charge in [-0.25, -0.2) is 9.97 Å². The van der Waals surface area contributed by atoms with Gasteiger partial charge in [0.2, 0.25) is 0 Å². The van der Waals surface area contributed by atoms with E-state index in [1.165, 1.54) is 5.56 Å². The maximum absolute atomic E-state index is 5.99. The molecule has 1 N–H and O–H groups in total. The Kier molecular flexibility index (Phi) is 4.19. The minimum absolute atomic E-state index is 0.698. The fourth-order valence-corrected chi connectivity index (χ4v) is 4.06. The largest absolute Gasteiger partial charge is 0.370 e. The first-order valence-electron chi connectivity index (χ1n) is 6.36. The van der Waals surface area contributed by atoms with Gasteiger partial charge in [-0.1, -0.05) is 11.6 Å². The molecule has 0 atom stereocenters. The van der Waals surface area contributed by atoms with E-state index < -0.39 is 0 Å². The lowest BCUT2D eigenvalue weighted by Gasteiger charge is -2.11.